The second-order valence-electron chi connectivity index (χ2n) is 6.74. The van der Waals surface area contributed by atoms with Crippen molar-refractivity contribution >= 4 is 23.1 Å². The second-order valence-corrected chi connectivity index (χ2v) is 7.74. The fourth-order valence-electron chi connectivity index (χ4n) is 3.19. The molecule has 1 aliphatic heterocycles. The topological polar surface area (TPSA) is 63.2 Å². The molecule has 1 fully saturated rings. The lowest BCUT2D eigenvalue weighted by molar-refractivity contribution is 0.305. The number of rotatable bonds is 8. The average molecular weight is 397 g/mol. The van der Waals surface area contributed by atoms with Crippen LogP contribution in [0.4, 0.5) is 0 Å². The second kappa shape index (κ2) is 10.9. The first-order valence-corrected chi connectivity index (χ1v) is 10.7. The van der Waals surface area contributed by atoms with E-state index in [2.05, 4.69) is 33.3 Å². The Hall–Kier alpha value is -2.31. The molecule has 3 rings (SSSR count). The fraction of sp³-hybridized carbons (Fsp3) is 0.364. The molecule has 5 nitrogen and oxygen atoms in total. The van der Waals surface area contributed by atoms with E-state index in [-0.39, 0.29) is 0 Å². The number of likely N-dealkylation sites (tertiary alicyclic amines) is 1. The summed E-state index contributed by atoms with van der Waals surface area (Å²) in [6, 6.07) is 16.4. The first-order valence-electron chi connectivity index (χ1n) is 9.76. The van der Waals surface area contributed by atoms with E-state index in [4.69, 9.17) is 10.5 Å². The Bertz CT molecular complexity index is 801. The summed E-state index contributed by atoms with van der Waals surface area (Å²) in [6.07, 6.45) is 4.30. The molecular formula is C22H28N4OS. The van der Waals surface area contributed by atoms with E-state index in [0.717, 1.165) is 36.7 Å². The molecule has 2 N–H and O–H groups in total. The van der Waals surface area contributed by atoms with Crippen LogP contribution < -0.4 is 10.5 Å². The molecule has 2 aromatic carbocycles. The minimum absolute atomic E-state index is 0.461. The van der Waals surface area contributed by atoms with Crippen LogP contribution in [0.2, 0.25) is 0 Å². The van der Waals surface area contributed by atoms with Gasteiger partial charge in [0.2, 0.25) is 0 Å². The quantitative estimate of drug-likeness (QED) is 0.411. The summed E-state index contributed by atoms with van der Waals surface area (Å²) in [5, 5.41) is 8.74. The van der Waals surface area contributed by atoms with E-state index in [9.17, 15) is 0 Å². The molecule has 28 heavy (non-hydrogen) atoms. The average Bonchev–Trinajstić information content (AvgIpc) is 3.22. The third kappa shape index (κ3) is 6.39. The molecule has 6 heteroatoms. The molecule has 2 aromatic rings. The van der Waals surface area contributed by atoms with Gasteiger partial charge < -0.3 is 10.5 Å². The van der Waals surface area contributed by atoms with Gasteiger partial charge in [0.05, 0.1) is 12.8 Å². The van der Waals surface area contributed by atoms with Gasteiger partial charge in [-0.2, -0.15) is 5.10 Å². The van der Waals surface area contributed by atoms with Crippen LogP contribution in [0, 0.1) is 0 Å². The van der Waals surface area contributed by atoms with Crippen molar-refractivity contribution in [3.05, 3.63) is 65.2 Å². The van der Waals surface area contributed by atoms with Crippen LogP contribution in [-0.4, -0.2) is 36.0 Å². The van der Waals surface area contributed by atoms with Gasteiger partial charge in [-0.05, 0) is 62.2 Å². The van der Waals surface area contributed by atoms with Crippen LogP contribution in [0.15, 0.2) is 58.7 Å². The Labute approximate surface area is 171 Å². The highest BCUT2D eigenvalue weighted by Crippen LogP contribution is 2.23. The normalized spacial score (nSPS) is 15.4. The van der Waals surface area contributed by atoms with Gasteiger partial charge in [-0.1, -0.05) is 42.1 Å². The maximum atomic E-state index is 5.96. The fourth-order valence-corrected chi connectivity index (χ4v) is 3.81. The highest BCUT2D eigenvalue weighted by molar-refractivity contribution is 8.13. The number of hydrogen-bond donors (Lipinski definition) is 1. The molecule has 148 valence electrons. The van der Waals surface area contributed by atoms with Gasteiger partial charge in [0, 0.05) is 17.9 Å². The molecule has 0 amide bonds. The van der Waals surface area contributed by atoms with Crippen molar-refractivity contribution in [3.63, 3.8) is 0 Å². The van der Waals surface area contributed by atoms with Gasteiger partial charge in [0.25, 0.3) is 0 Å². The maximum Gasteiger partial charge on any atom is 0.180 e. The third-order valence-electron chi connectivity index (χ3n) is 4.57. The number of amidine groups is 1. The number of hydrogen-bond acceptors (Lipinski definition) is 5. The molecule has 0 atom stereocenters. The zero-order valence-corrected chi connectivity index (χ0v) is 17.2. The van der Waals surface area contributed by atoms with Crippen LogP contribution in [0.3, 0.4) is 0 Å². The summed E-state index contributed by atoms with van der Waals surface area (Å²) in [4.78, 5) is 2.47. The highest BCUT2D eigenvalue weighted by Gasteiger charge is 2.14. The van der Waals surface area contributed by atoms with Crippen molar-refractivity contribution in [2.75, 3.05) is 19.7 Å². The van der Waals surface area contributed by atoms with Crippen LogP contribution in [0.5, 0.6) is 5.75 Å². The Balaban J connectivity index is 1.61. The number of nitrogens with zero attached hydrogens (tertiary/aromatic N) is 3. The minimum Gasteiger partial charge on any atom is -0.494 e. The van der Waals surface area contributed by atoms with E-state index in [1.165, 1.54) is 35.7 Å². The lowest BCUT2D eigenvalue weighted by Crippen LogP contribution is -2.19. The monoisotopic (exact) mass is 396 g/mol. The Morgan fingerprint density at radius 2 is 1.96 bits per heavy atom. The van der Waals surface area contributed by atoms with Crippen LogP contribution in [-0.2, 0) is 12.3 Å². The Kier molecular flexibility index (Phi) is 7.94. The summed E-state index contributed by atoms with van der Waals surface area (Å²) >= 11 is 1.49. The molecule has 0 spiro atoms. The molecule has 0 aromatic heterocycles. The molecule has 0 unspecified atom stereocenters. The van der Waals surface area contributed by atoms with Gasteiger partial charge in [0.15, 0.2) is 5.17 Å². The van der Waals surface area contributed by atoms with Crippen molar-refractivity contribution in [1.82, 2.24) is 4.90 Å². The maximum absolute atomic E-state index is 5.96. The summed E-state index contributed by atoms with van der Waals surface area (Å²) < 4.78 is 5.80. The summed E-state index contributed by atoms with van der Waals surface area (Å²) in [6.45, 7) is 5.90. The van der Waals surface area contributed by atoms with Crippen LogP contribution in [0.25, 0.3) is 0 Å². The van der Waals surface area contributed by atoms with Crippen molar-refractivity contribution < 1.29 is 4.74 Å². The molecule has 1 heterocycles. The van der Waals surface area contributed by atoms with E-state index >= 15 is 0 Å². The number of benzene rings is 2. The van der Waals surface area contributed by atoms with Crippen molar-refractivity contribution in [2.45, 2.75) is 32.1 Å². The SMILES string of the molecule is CCOc1ccc(C=NN=C(N)SCc2ccccc2)cc1CN1CCCC1. The van der Waals surface area contributed by atoms with E-state index in [0.29, 0.717) is 11.8 Å². The van der Waals surface area contributed by atoms with E-state index in [1.807, 2.05) is 37.3 Å². The van der Waals surface area contributed by atoms with Gasteiger partial charge in [-0.15, -0.1) is 5.10 Å². The third-order valence-corrected chi connectivity index (χ3v) is 5.42. The Morgan fingerprint density at radius 1 is 1.18 bits per heavy atom. The molecular weight excluding hydrogens is 368 g/mol. The summed E-state index contributed by atoms with van der Waals surface area (Å²) in [5.41, 5.74) is 9.38. The van der Waals surface area contributed by atoms with Gasteiger partial charge in [-0.3, -0.25) is 4.90 Å². The smallest absolute Gasteiger partial charge is 0.180 e. The zero-order valence-electron chi connectivity index (χ0n) is 16.4. The lowest BCUT2D eigenvalue weighted by Gasteiger charge is -2.18. The van der Waals surface area contributed by atoms with Crippen molar-refractivity contribution in [3.8, 4) is 5.75 Å². The van der Waals surface area contributed by atoms with Crippen LogP contribution in [0.1, 0.15) is 36.5 Å². The highest BCUT2D eigenvalue weighted by atomic mass is 32.2. The van der Waals surface area contributed by atoms with Crippen molar-refractivity contribution in [2.24, 2.45) is 15.9 Å². The number of nitrogens with two attached hydrogens (primary N) is 1. The lowest BCUT2D eigenvalue weighted by atomic mass is 10.1. The largest absolute Gasteiger partial charge is 0.494 e. The summed E-state index contributed by atoms with van der Waals surface area (Å²) in [7, 11) is 0. The number of thioether (sulfide) groups is 1. The molecule has 0 bridgehead atoms. The first-order chi connectivity index (χ1) is 13.7. The number of ether oxygens (including phenoxy) is 1. The summed E-state index contributed by atoms with van der Waals surface area (Å²) in [5.74, 6) is 1.74. The first kappa shape index (κ1) is 20.4. The predicted octanol–water partition coefficient (Wildman–Crippen LogP) is 4.26. The van der Waals surface area contributed by atoms with Gasteiger partial charge in [0.1, 0.15) is 5.75 Å². The van der Waals surface area contributed by atoms with Gasteiger partial charge >= 0.3 is 0 Å². The molecule has 0 saturated carbocycles. The predicted molar refractivity (Wildman–Crippen MR) is 119 cm³/mol. The molecule has 1 saturated heterocycles. The minimum atomic E-state index is 0.461. The zero-order chi connectivity index (χ0) is 19.6. The van der Waals surface area contributed by atoms with E-state index < -0.39 is 0 Å². The standard InChI is InChI=1S/C22H28N4OS/c1-2-27-21-11-10-19(14-20(21)16-26-12-6-7-13-26)15-24-25-22(23)28-17-18-8-4-3-5-9-18/h3-5,8-11,14-15H,2,6-7,12-13,16-17H2,1H3,(H2,23,25). The molecule has 1 aliphatic rings. The van der Waals surface area contributed by atoms with E-state index in [1.54, 1.807) is 6.21 Å². The van der Waals surface area contributed by atoms with Crippen molar-refractivity contribution in [1.29, 1.82) is 0 Å². The Morgan fingerprint density at radius 3 is 2.71 bits per heavy atom. The van der Waals surface area contributed by atoms with Crippen LogP contribution >= 0.6 is 11.8 Å². The molecule has 0 radical (unpaired) electrons. The van der Waals surface area contributed by atoms with Gasteiger partial charge in [-0.25, -0.2) is 0 Å². The molecule has 0 aliphatic carbocycles.